The zero-order valence-electron chi connectivity index (χ0n) is 14.1. The van der Waals surface area contributed by atoms with E-state index in [0.717, 1.165) is 17.5 Å². The summed E-state index contributed by atoms with van der Waals surface area (Å²) < 4.78 is 27.8. The smallest absolute Gasteiger partial charge is 0.261 e. The Kier molecular flexibility index (Phi) is 5.62. The Morgan fingerprint density at radius 2 is 1.79 bits per heavy atom. The molecule has 0 radical (unpaired) electrons. The third kappa shape index (κ3) is 4.14. The maximum atomic E-state index is 12.6. The van der Waals surface area contributed by atoms with Crippen LogP contribution >= 0.6 is 0 Å². The highest BCUT2D eigenvalue weighted by atomic mass is 32.2. The monoisotopic (exact) mass is 346 g/mol. The fourth-order valence-corrected chi connectivity index (χ4v) is 3.38. The molecule has 2 N–H and O–H groups in total. The number of rotatable bonds is 6. The molecule has 0 spiro atoms. The van der Waals surface area contributed by atoms with Gasteiger partial charge in [-0.3, -0.25) is 9.52 Å². The Morgan fingerprint density at radius 3 is 2.50 bits per heavy atom. The highest BCUT2D eigenvalue weighted by Gasteiger charge is 2.17. The molecular weight excluding hydrogens is 324 g/mol. The van der Waals surface area contributed by atoms with Gasteiger partial charge in [-0.2, -0.15) is 0 Å². The van der Waals surface area contributed by atoms with Crippen LogP contribution in [0.5, 0.6) is 0 Å². The van der Waals surface area contributed by atoms with Crippen molar-refractivity contribution >= 4 is 21.6 Å². The van der Waals surface area contributed by atoms with Crippen molar-refractivity contribution in [3.8, 4) is 0 Å². The molecule has 0 aliphatic carbocycles. The first-order chi connectivity index (χ1) is 11.3. The first kappa shape index (κ1) is 18.0. The van der Waals surface area contributed by atoms with Gasteiger partial charge >= 0.3 is 0 Å². The van der Waals surface area contributed by atoms with Gasteiger partial charge in [-0.1, -0.05) is 25.1 Å². The van der Waals surface area contributed by atoms with Crippen molar-refractivity contribution in [2.45, 2.75) is 32.1 Å². The van der Waals surface area contributed by atoms with Crippen molar-refractivity contribution in [1.82, 2.24) is 5.32 Å². The topological polar surface area (TPSA) is 75.3 Å². The lowest BCUT2D eigenvalue weighted by molar-refractivity contribution is 0.0953. The van der Waals surface area contributed by atoms with Crippen LogP contribution in [0.15, 0.2) is 47.4 Å². The second-order valence-corrected chi connectivity index (χ2v) is 7.32. The highest BCUT2D eigenvalue weighted by molar-refractivity contribution is 7.92. The number of amides is 1. The van der Waals surface area contributed by atoms with Crippen molar-refractivity contribution in [3.05, 3.63) is 59.2 Å². The van der Waals surface area contributed by atoms with Gasteiger partial charge in [0.15, 0.2) is 0 Å². The van der Waals surface area contributed by atoms with Crippen molar-refractivity contribution < 1.29 is 13.2 Å². The number of carbonyl (C=O) groups is 1. The van der Waals surface area contributed by atoms with Crippen LogP contribution in [0.4, 0.5) is 5.69 Å². The number of hydrogen-bond donors (Lipinski definition) is 2. The molecule has 128 valence electrons. The van der Waals surface area contributed by atoms with Crippen molar-refractivity contribution in [2.75, 3.05) is 11.3 Å². The Bertz CT molecular complexity index is 845. The number of carbonyl (C=O) groups excluding carboxylic acids is 1. The number of benzene rings is 2. The summed E-state index contributed by atoms with van der Waals surface area (Å²) in [6.07, 6.45) is 0.817. The molecule has 0 bridgehead atoms. The van der Waals surface area contributed by atoms with Crippen molar-refractivity contribution in [2.24, 2.45) is 0 Å². The number of sulfonamides is 1. The van der Waals surface area contributed by atoms with Crippen LogP contribution in [0, 0.1) is 13.8 Å². The lowest BCUT2D eigenvalue weighted by Crippen LogP contribution is -2.24. The molecule has 0 aromatic heterocycles. The second kappa shape index (κ2) is 7.49. The molecule has 2 rings (SSSR count). The molecule has 0 heterocycles. The van der Waals surface area contributed by atoms with Gasteiger partial charge in [-0.05, 0) is 55.7 Å². The molecule has 0 unspecified atom stereocenters. The van der Waals surface area contributed by atoms with E-state index in [2.05, 4.69) is 10.0 Å². The van der Waals surface area contributed by atoms with Crippen LogP contribution in [-0.4, -0.2) is 20.9 Å². The van der Waals surface area contributed by atoms with Crippen molar-refractivity contribution in [1.29, 1.82) is 0 Å². The Hall–Kier alpha value is -2.34. The summed E-state index contributed by atoms with van der Waals surface area (Å²) >= 11 is 0. The molecule has 24 heavy (non-hydrogen) atoms. The zero-order chi connectivity index (χ0) is 17.7. The number of hydrogen-bond acceptors (Lipinski definition) is 3. The van der Waals surface area contributed by atoms with Crippen LogP contribution in [0.2, 0.25) is 0 Å². The summed E-state index contributed by atoms with van der Waals surface area (Å²) in [6.45, 7) is 6.29. The van der Waals surface area contributed by atoms with E-state index in [1.54, 1.807) is 24.3 Å². The summed E-state index contributed by atoms with van der Waals surface area (Å²) in [6, 6.07) is 11.5. The molecule has 2 aromatic rings. The first-order valence-electron chi connectivity index (χ1n) is 7.82. The van der Waals surface area contributed by atoms with E-state index >= 15 is 0 Å². The van der Waals surface area contributed by atoms with Gasteiger partial charge in [0.1, 0.15) is 0 Å². The van der Waals surface area contributed by atoms with E-state index < -0.39 is 10.0 Å². The molecule has 2 aromatic carbocycles. The summed E-state index contributed by atoms with van der Waals surface area (Å²) in [4.78, 5) is 12.1. The van der Waals surface area contributed by atoms with Crippen LogP contribution in [0.3, 0.4) is 0 Å². The predicted molar refractivity (Wildman–Crippen MR) is 95.8 cm³/mol. The Labute approximate surface area is 143 Å². The molecule has 0 saturated heterocycles. The molecule has 0 atom stereocenters. The van der Waals surface area contributed by atoms with Gasteiger partial charge in [-0.15, -0.1) is 0 Å². The number of aryl methyl sites for hydroxylation is 1. The average Bonchev–Trinajstić information content (AvgIpc) is 2.57. The third-order valence-electron chi connectivity index (χ3n) is 3.79. The minimum Gasteiger partial charge on any atom is -0.352 e. The van der Waals surface area contributed by atoms with Gasteiger partial charge in [0, 0.05) is 12.1 Å². The second-order valence-electron chi connectivity index (χ2n) is 5.64. The molecule has 0 aliphatic heterocycles. The Morgan fingerprint density at radius 1 is 1.08 bits per heavy atom. The largest absolute Gasteiger partial charge is 0.352 e. The average molecular weight is 346 g/mol. The molecule has 1 amide bonds. The number of anilines is 1. The van der Waals surface area contributed by atoms with Gasteiger partial charge in [-0.25, -0.2) is 8.42 Å². The summed E-state index contributed by atoms with van der Waals surface area (Å²) in [5.41, 5.74) is 2.74. The van der Waals surface area contributed by atoms with E-state index in [9.17, 15) is 13.2 Å². The van der Waals surface area contributed by atoms with Gasteiger partial charge < -0.3 is 5.32 Å². The minimum absolute atomic E-state index is 0.0626. The van der Waals surface area contributed by atoms with Crippen LogP contribution < -0.4 is 10.0 Å². The van der Waals surface area contributed by atoms with Crippen LogP contribution in [-0.2, 0) is 10.0 Å². The zero-order valence-corrected chi connectivity index (χ0v) is 14.9. The van der Waals surface area contributed by atoms with E-state index in [-0.39, 0.29) is 10.8 Å². The molecule has 0 saturated carbocycles. The maximum absolute atomic E-state index is 12.6. The number of nitrogens with one attached hydrogen (secondary N) is 2. The lowest BCUT2D eigenvalue weighted by atomic mass is 10.1. The third-order valence-corrected chi connectivity index (χ3v) is 5.15. The van der Waals surface area contributed by atoms with Gasteiger partial charge in [0.2, 0.25) is 0 Å². The lowest BCUT2D eigenvalue weighted by Gasteiger charge is -2.13. The van der Waals surface area contributed by atoms with Gasteiger partial charge in [0.05, 0.1) is 10.6 Å². The quantitative estimate of drug-likeness (QED) is 0.843. The fourth-order valence-electron chi connectivity index (χ4n) is 2.21. The minimum atomic E-state index is -3.76. The standard InChI is InChI=1S/C18H22N2O3S/c1-4-11-19-18(21)15-8-6-9-16(12-15)24(22,23)20-17-10-5-7-13(2)14(17)3/h5-10,12,20H,4,11H2,1-3H3,(H,19,21). The maximum Gasteiger partial charge on any atom is 0.261 e. The normalized spacial score (nSPS) is 11.1. The van der Waals surface area contributed by atoms with Crippen LogP contribution in [0.25, 0.3) is 0 Å². The summed E-state index contributed by atoms with van der Waals surface area (Å²) in [5.74, 6) is -0.277. The molecule has 5 nitrogen and oxygen atoms in total. The first-order valence-corrected chi connectivity index (χ1v) is 9.30. The van der Waals surface area contributed by atoms with E-state index in [4.69, 9.17) is 0 Å². The molecule has 0 fully saturated rings. The van der Waals surface area contributed by atoms with Crippen molar-refractivity contribution in [3.63, 3.8) is 0 Å². The van der Waals surface area contributed by atoms with Gasteiger partial charge in [0.25, 0.3) is 15.9 Å². The van der Waals surface area contributed by atoms with Crippen LogP contribution in [0.1, 0.15) is 34.8 Å². The molecule has 6 heteroatoms. The summed E-state index contributed by atoms with van der Waals surface area (Å²) in [7, 11) is -3.76. The Balaban J connectivity index is 2.29. The molecular formula is C18H22N2O3S. The predicted octanol–water partition coefficient (Wildman–Crippen LogP) is 3.24. The molecule has 0 aliphatic rings. The van der Waals surface area contributed by atoms with E-state index in [1.165, 1.54) is 12.1 Å². The van der Waals surface area contributed by atoms with E-state index in [1.807, 2.05) is 26.8 Å². The highest BCUT2D eigenvalue weighted by Crippen LogP contribution is 2.22. The summed E-state index contributed by atoms with van der Waals surface area (Å²) in [5, 5.41) is 2.74. The SMILES string of the molecule is CCCNC(=O)c1cccc(S(=O)(=O)Nc2cccc(C)c2C)c1. The van der Waals surface area contributed by atoms with E-state index in [0.29, 0.717) is 17.8 Å². The fraction of sp³-hybridized carbons (Fsp3) is 0.278.